The lowest BCUT2D eigenvalue weighted by atomic mass is 9.93. The van der Waals surface area contributed by atoms with Gasteiger partial charge in [0.15, 0.2) is 5.65 Å². The molecule has 0 spiro atoms. The van der Waals surface area contributed by atoms with E-state index in [0.717, 1.165) is 22.6 Å². The Hall–Kier alpha value is -3.47. The van der Waals surface area contributed by atoms with Crippen LogP contribution in [0.4, 0.5) is 0 Å². The number of rotatable bonds is 5. The molecule has 0 fully saturated rings. The lowest BCUT2D eigenvalue weighted by molar-refractivity contribution is 0.0935. The Morgan fingerprint density at radius 1 is 1.03 bits per heavy atom. The molecule has 0 radical (unpaired) electrons. The molecule has 0 bridgehead atoms. The maximum Gasteiger partial charge on any atom is 0.255 e. The molecule has 1 amide bonds. The summed E-state index contributed by atoms with van der Waals surface area (Å²) in [6.45, 7) is 8.26. The van der Waals surface area contributed by atoms with Crippen LogP contribution in [0.25, 0.3) is 5.65 Å². The highest BCUT2D eigenvalue weighted by atomic mass is 16.1. The molecule has 5 nitrogen and oxygen atoms in total. The lowest BCUT2D eigenvalue weighted by Gasteiger charge is -2.20. The average molecular weight is 413 g/mol. The minimum Gasteiger partial charge on any atom is -0.345 e. The van der Waals surface area contributed by atoms with E-state index in [-0.39, 0.29) is 17.4 Å². The second-order valence-electron chi connectivity index (χ2n) is 8.93. The number of carbonyl (C=O) groups is 1. The van der Waals surface area contributed by atoms with E-state index in [1.165, 1.54) is 5.56 Å². The molecule has 31 heavy (non-hydrogen) atoms. The minimum atomic E-state index is -0.149. The van der Waals surface area contributed by atoms with Gasteiger partial charge < -0.3 is 5.32 Å². The van der Waals surface area contributed by atoms with Gasteiger partial charge in [-0.25, -0.2) is 9.50 Å². The molecule has 0 aliphatic carbocycles. The fraction of sp³-hybridized carbons (Fsp3) is 0.269. The van der Waals surface area contributed by atoms with Crippen LogP contribution in [0.2, 0.25) is 0 Å². The summed E-state index contributed by atoms with van der Waals surface area (Å²) in [4.78, 5) is 17.8. The van der Waals surface area contributed by atoms with E-state index in [4.69, 9.17) is 5.10 Å². The van der Waals surface area contributed by atoms with Crippen molar-refractivity contribution >= 4 is 11.6 Å². The number of fused-ring (bicyclic) bond motifs is 1. The quantitative estimate of drug-likeness (QED) is 0.499. The van der Waals surface area contributed by atoms with Crippen molar-refractivity contribution in [2.45, 2.75) is 45.6 Å². The van der Waals surface area contributed by atoms with Gasteiger partial charge in [-0.1, -0.05) is 81.4 Å². The summed E-state index contributed by atoms with van der Waals surface area (Å²) in [6.07, 6.45) is 2.36. The first kappa shape index (κ1) is 20.8. The number of nitrogens with one attached hydrogen (secondary N) is 1. The SMILES string of the molecule is Cc1c(C(=O)N[C@H](Cc2ccccc2)c2ccccc2)cnc2cc(C(C)(C)C)nn12. The van der Waals surface area contributed by atoms with Gasteiger partial charge in [0.1, 0.15) is 0 Å². The van der Waals surface area contributed by atoms with Crippen molar-refractivity contribution in [3.05, 3.63) is 101 Å². The molecule has 1 N–H and O–H groups in total. The highest BCUT2D eigenvalue weighted by Crippen LogP contribution is 2.23. The van der Waals surface area contributed by atoms with Crippen molar-refractivity contribution < 1.29 is 4.79 Å². The average Bonchev–Trinajstić information content (AvgIpc) is 3.21. The second kappa shape index (κ2) is 8.34. The van der Waals surface area contributed by atoms with E-state index in [1.54, 1.807) is 10.7 Å². The Kier molecular flexibility index (Phi) is 5.59. The summed E-state index contributed by atoms with van der Waals surface area (Å²) in [5.41, 5.74) is 5.17. The summed E-state index contributed by atoms with van der Waals surface area (Å²) < 4.78 is 1.77. The Balaban J connectivity index is 1.65. The summed E-state index contributed by atoms with van der Waals surface area (Å²) in [5.74, 6) is -0.149. The number of carbonyl (C=O) groups excluding carboxylic acids is 1. The number of amides is 1. The highest BCUT2D eigenvalue weighted by Gasteiger charge is 2.22. The summed E-state index contributed by atoms with van der Waals surface area (Å²) in [6, 6.07) is 22.1. The number of benzene rings is 2. The Morgan fingerprint density at radius 2 is 1.68 bits per heavy atom. The van der Waals surface area contributed by atoms with E-state index in [2.05, 4.69) is 43.2 Å². The standard InChI is InChI=1S/C26H28N4O/c1-18-21(17-27-24-16-23(26(2,3)4)29-30(18)24)25(31)28-22(20-13-9-6-10-14-20)15-19-11-7-5-8-12-19/h5-14,16-17,22H,15H2,1-4H3,(H,28,31)/t22-/m1/s1. The second-order valence-corrected chi connectivity index (χ2v) is 8.93. The molecule has 2 heterocycles. The minimum absolute atomic E-state index is 0.0867. The van der Waals surface area contributed by atoms with Gasteiger partial charge in [-0.05, 0) is 24.5 Å². The molecule has 4 aromatic rings. The molecule has 2 aromatic heterocycles. The zero-order valence-electron chi connectivity index (χ0n) is 18.5. The first-order valence-corrected chi connectivity index (χ1v) is 10.6. The molecular weight excluding hydrogens is 384 g/mol. The molecule has 1 atom stereocenters. The smallest absolute Gasteiger partial charge is 0.255 e. The molecule has 0 aliphatic rings. The van der Waals surface area contributed by atoms with Crippen molar-refractivity contribution in [2.24, 2.45) is 0 Å². The van der Waals surface area contributed by atoms with Gasteiger partial charge in [-0.3, -0.25) is 4.79 Å². The van der Waals surface area contributed by atoms with Gasteiger partial charge in [-0.15, -0.1) is 0 Å². The molecule has 0 unspecified atom stereocenters. The van der Waals surface area contributed by atoms with Gasteiger partial charge in [-0.2, -0.15) is 5.10 Å². The van der Waals surface area contributed by atoms with Gasteiger partial charge in [0, 0.05) is 17.7 Å². The number of aryl methyl sites for hydroxylation is 1. The van der Waals surface area contributed by atoms with Crippen LogP contribution in [0.15, 0.2) is 72.9 Å². The summed E-state index contributed by atoms with van der Waals surface area (Å²) in [7, 11) is 0. The van der Waals surface area contributed by atoms with Crippen LogP contribution in [0.1, 0.15) is 59.7 Å². The van der Waals surface area contributed by atoms with Gasteiger partial charge in [0.05, 0.1) is 23.0 Å². The predicted octanol–water partition coefficient (Wildman–Crippen LogP) is 5.05. The van der Waals surface area contributed by atoms with Crippen LogP contribution >= 0.6 is 0 Å². The number of nitrogens with zero attached hydrogens (tertiary/aromatic N) is 3. The van der Waals surface area contributed by atoms with Crippen molar-refractivity contribution in [1.82, 2.24) is 19.9 Å². The van der Waals surface area contributed by atoms with Crippen LogP contribution in [0.3, 0.4) is 0 Å². The number of hydrogen-bond donors (Lipinski definition) is 1. The van der Waals surface area contributed by atoms with Crippen LogP contribution in [-0.4, -0.2) is 20.5 Å². The molecule has 0 saturated carbocycles. The van der Waals surface area contributed by atoms with Crippen LogP contribution in [-0.2, 0) is 11.8 Å². The normalized spacial score (nSPS) is 12.6. The summed E-state index contributed by atoms with van der Waals surface area (Å²) >= 11 is 0. The molecular formula is C26H28N4O. The fourth-order valence-electron chi connectivity index (χ4n) is 3.66. The van der Waals surface area contributed by atoms with Crippen molar-refractivity contribution in [1.29, 1.82) is 0 Å². The van der Waals surface area contributed by atoms with Gasteiger partial charge in [0.25, 0.3) is 5.91 Å². The van der Waals surface area contributed by atoms with Crippen molar-refractivity contribution in [3.63, 3.8) is 0 Å². The van der Waals surface area contributed by atoms with E-state index >= 15 is 0 Å². The molecule has 5 heteroatoms. The summed E-state index contributed by atoms with van der Waals surface area (Å²) in [5, 5.41) is 7.93. The van der Waals surface area contributed by atoms with E-state index in [1.807, 2.05) is 61.5 Å². The third-order valence-electron chi connectivity index (χ3n) is 5.53. The Bertz CT molecular complexity index is 1190. The van der Waals surface area contributed by atoms with E-state index in [0.29, 0.717) is 12.0 Å². The van der Waals surface area contributed by atoms with Crippen molar-refractivity contribution in [3.8, 4) is 0 Å². The molecule has 0 saturated heterocycles. The topological polar surface area (TPSA) is 59.3 Å². The van der Waals surface area contributed by atoms with Crippen LogP contribution < -0.4 is 5.32 Å². The van der Waals surface area contributed by atoms with E-state index in [9.17, 15) is 4.79 Å². The zero-order chi connectivity index (χ0) is 22.0. The van der Waals surface area contributed by atoms with Crippen LogP contribution in [0, 0.1) is 6.92 Å². The molecule has 2 aromatic carbocycles. The maximum absolute atomic E-state index is 13.3. The first-order valence-electron chi connectivity index (χ1n) is 10.6. The molecule has 158 valence electrons. The third kappa shape index (κ3) is 4.50. The highest BCUT2D eigenvalue weighted by molar-refractivity contribution is 5.95. The number of hydrogen-bond acceptors (Lipinski definition) is 3. The van der Waals surface area contributed by atoms with Crippen molar-refractivity contribution in [2.75, 3.05) is 0 Å². The third-order valence-corrected chi connectivity index (χ3v) is 5.53. The fourth-order valence-corrected chi connectivity index (χ4v) is 3.66. The van der Waals surface area contributed by atoms with Gasteiger partial charge in [0.2, 0.25) is 0 Å². The monoisotopic (exact) mass is 412 g/mol. The lowest BCUT2D eigenvalue weighted by Crippen LogP contribution is -2.31. The Morgan fingerprint density at radius 3 is 2.32 bits per heavy atom. The number of aromatic nitrogens is 3. The molecule has 0 aliphatic heterocycles. The van der Waals surface area contributed by atoms with E-state index < -0.39 is 0 Å². The predicted molar refractivity (Wildman–Crippen MR) is 123 cm³/mol. The molecule has 4 rings (SSSR count). The largest absolute Gasteiger partial charge is 0.345 e. The van der Waals surface area contributed by atoms with Gasteiger partial charge >= 0.3 is 0 Å². The Labute approximate surface area is 183 Å². The zero-order valence-corrected chi connectivity index (χ0v) is 18.5. The van der Waals surface area contributed by atoms with Crippen LogP contribution in [0.5, 0.6) is 0 Å². The first-order chi connectivity index (χ1) is 14.8. The maximum atomic E-state index is 13.3.